The molecule has 0 aromatic heterocycles. The van der Waals surface area contributed by atoms with E-state index in [1.165, 1.54) is 0 Å². The van der Waals surface area contributed by atoms with Gasteiger partial charge in [-0.1, -0.05) is 12.2 Å². The van der Waals surface area contributed by atoms with Crippen LogP contribution in [-0.2, 0) is 14.3 Å². The third kappa shape index (κ3) is 1.04. The third-order valence-electron chi connectivity index (χ3n) is 2.51. The van der Waals surface area contributed by atoms with Gasteiger partial charge in [0.2, 0.25) is 5.91 Å². The SMILES string of the molecule is NC(=O)[C@H]1[C@H](C(=O)O)[C@@H]2C=C[C@H]1O2. The highest BCUT2D eigenvalue weighted by atomic mass is 16.5. The lowest BCUT2D eigenvalue weighted by atomic mass is 9.83. The van der Waals surface area contributed by atoms with Gasteiger partial charge in [0.05, 0.1) is 18.1 Å². The van der Waals surface area contributed by atoms with E-state index in [2.05, 4.69) is 0 Å². The molecule has 2 rings (SSSR count). The van der Waals surface area contributed by atoms with Crippen LogP contribution < -0.4 is 5.73 Å². The van der Waals surface area contributed by atoms with Crippen LogP contribution in [0.25, 0.3) is 0 Å². The van der Waals surface area contributed by atoms with Crippen molar-refractivity contribution >= 4 is 11.9 Å². The van der Waals surface area contributed by atoms with E-state index in [9.17, 15) is 9.59 Å². The van der Waals surface area contributed by atoms with Gasteiger partial charge in [0.25, 0.3) is 0 Å². The highest BCUT2D eigenvalue weighted by Gasteiger charge is 2.52. The molecule has 3 N–H and O–H groups in total. The summed E-state index contributed by atoms with van der Waals surface area (Å²) < 4.78 is 5.23. The molecule has 0 aromatic rings. The lowest BCUT2D eigenvalue weighted by molar-refractivity contribution is -0.146. The van der Waals surface area contributed by atoms with E-state index in [1.54, 1.807) is 12.2 Å². The van der Waals surface area contributed by atoms with Crippen LogP contribution in [0.3, 0.4) is 0 Å². The molecule has 2 aliphatic rings. The summed E-state index contributed by atoms with van der Waals surface area (Å²) in [5, 5.41) is 8.83. The fraction of sp³-hybridized carbons (Fsp3) is 0.500. The van der Waals surface area contributed by atoms with Crippen LogP contribution in [0.5, 0.6) is 0 Å². The Labute approximate surface area is 74.2 Å². The predicted molar refractivity (Wildman–Crippen MR) is 41.6 cm³/mol. The lowest BCUT2D eigenvalue weighted by Gasteiger charge is -2.17. The average molecular weight is 183 g/mol. The molecule has 0 aliphatic carbocycles. The maximum Gasteiger partial charge on any atom is 0.310 e. The number of carbonyl (C=O) groups excluding carboxylic acids is 1. The first kappa shape index (κ1) is 8.25. The van der Waals surface area contributed by atoms with Crippen LogP contribution in [0.1, 0.15) is 0 Å². The van der Waals surface area contributed by atoms with Crippen molar-refractivity contribution in [1.29, 1.82) is 0 Å². The molecule has 70 valence electrons. The quantitative estimate of drug-likeness (QED) is 0.544. The van der Waals surface area contributed by atoms with Crippen LogP contribution in [0.2, 0.25) is 0 Å². The van der Waals surface area contributed by atoms with Gasteiger partial charge >= 0.3 is 5.97 Å². The Hall–Kier alpha value is -1.36. The number of fused-ring (bicyclic) bond motifs is 2. The first-order chi connectivity index (χ1) is 6.11. The Morgan fingerprint density at radius 3 is 2.15 bits per heavy atom. The zero-order valence-corrected chi connectivity index (χ0v) is 6.71. The molecule has 0 unspecified atom stereocenters. The normalized spacial score (nSPS) is 40.9. The number of carbonyl (C=O) groups is 2. The van der Waals surface area contributed by atoms with Crippen LogP contribution in [-0.4, -0.2) is 29.2 Å². The Morgan fingerprint density at radius 2 is 1.77 bits per heavy atom. The van der Waals surface area contributed by atoms with E-state index < -0.39 is 35.9 Å². The van der Waals surface area contributed by atoms with Crippen LogP contribution in [0, 0.1) is 11.8 Å². The molecule has 1 amide bonds. The van der Waals surface area contributed by atoms with E-state index in [0.29, 0.717) is 0 Å². The van der Waals surface area contributed by atoms with E-state index in [4.69, 9.17) is 15.6 Å². The van der Waals surface area contributed by atoms with E-state index in [1.807, 2.05) is 0 Å². The highest BCUT2D eigenvalue weighted by Crippen LogP contribution is 2.38. The predicted octanol–water partition coefficient (Wildman–Crippen LogP) is -0.874. The molecule has 0 saturated carbocycles. The minimum Gasteiger partial charge on any atom is -0.481 e. The van der Waals surface area contributed by atoms with Gasteiger partial charge in [-0.25, -0.2) is 0 Å². The standard InChI is InChI=1S/C8H9NO4/c9-7(10)5-3-1-2-4(13-3)6(5)8(11)12/h1-6H,(H2,9,10)(H,11,12)/t3-,4+,5-,6-/m1/s1. The van der Waals surface area contributed by atoms with Gasteiger partial charge in [-0.05, 0) is 0 Å². The Kier molecular flexibility index (Phi) is 1.63. The van der Waals surface area contributed by atoms with Crippen molar-refractivity contribution in [2.75, 3.05) is 0 Å². The van der Waals surface area contributed by atoms with E-state index in [0.717, 1.165) is 0 Å². The molecule has 13 heavy (non-hydrogen) atoms. The number of primary amides is 1. The molecule has 1 saturated heterocycles. The molecule has 0 spiro atoms. The summed E-state index contributed by atoms with van der Waals surface area (Å²) in [6, 6.07) is 0. The summed E-state index contributed by atoms with van der Waals surface area (Å²) in [6.45, 7) is 0. The number of hydrogen-bond acceptors (Lipinski definition) is 3. The van der Waals surface area contributed by atoms with Crippen LogP contribution in [0.15, 0.2) is 12.2 Å². The molecule has 2 bridgehead atoms. The van der Waals surface area contributed by atoms with Crippen molar-refractivity contribution in [2.24, 2.45) is 17.6 Å². The molecular weight excluding hydrogens is 174 g/mol. The first-order valence-electron chi connectivity index (χ1n) is 3.97. The number of nitrogens with two attached hydrogens (primary N) is 1. The van der Waals surface area contributed by atoms with Gasteiger partial charge < -0.3 is 15.6 Å². The molecule has 0 radical (unpaired) electrons. The second-order valence-electron chi connectivity index (χ2n) is 3.24. The lowest BCUT2D eigenvalue weighted by Crippen LogP contribution is -2.39. The summed E-state index contributed by atoms with van der Waals surface area (Å²) in [7, 11) is 0. The minimum absolute atomic E-state index is 0.441. The van der Waals surface area contributed by atoms with Gasteiger partial charge in [-0.3, -0.25) is 9.59 Å². The van der Waals surface area contributed by atoms with Crippen molar-refractivity contribution in [3.8, 4) is 0 Å². The first-order valence-corrected chi connectivity index (χ1v) is 3.97. The summed E-state index contributed by atoms with van der Waals surface area (Å²) in [4.78, 5) is 21.7. The molecule has 2 aliphatic heterocycles. The number of carboxylic acid groups (broad SMARTS) is 1. The van der Waals surface area contributed by atoms with Crippen LogP contribution in [0.4, 0.5) is 0 Å². The largest absolute Gasteiger partial charge is 0.481 e. The summed E-state index contributed by atoms with van der Waals surface area (Å²) in [6.07, 6.45) is 2.44. The van der Waals surface area contributed by atoms with Gasteiger partial charge in [0.15, 0.2) is 0 Å². The summed E-state index contributed by atoms with van der Waals surface area (Å²) in [5.41, 5.74) is 5.10. The Balaban J connectivity index is 2.30. The second kappa shape index (κ2) is 2.56. The fourth-order valence-corrected chi connectivity index (χ4v) is 1.94. The summed E-state index contributed by atoms with van der Waals surface area (Å²) in [5.74, 6) is -3.16. The van der Waals surface area contributed by atoms with Crippen molar-refractivity contribution < 1.29 is 19.4 Å². The number of aliphatic carboxylic acids is 1. The zero-order chi connectivity index (χ0) is 9.59. The van der Waals surface area contributed by atoms with Crippen LogP contribution >= 0.6 is 0 Å². The van der Waals surface area contributed by atoms with Crippen molar-refractivity contribution in [3.63, 3.8) is 0 Å². The molecule has 5 heteroatoms. The number of amides is 1. The molecular formula is C8H9NO4. The van der Waals surface area contributed by atoms with Gasteiger partial charge in [-0.15, -0.1) is 0 Å². The monoisotopic (exact) mass is 183 g/mol. The van der Waals surface area contributed by atoms with E-state index >= 15 is 0 Å². The molecule has 1 fully saturated rings. The van der Waals surface area contributed by atoms with Crippen molar-refractivity contribution in [2.45, 2.75) is 12.2 Å². The number of rotatable bonds is 2. The van der Waals surface area contributed by atoms with Gasteiger partial charge in [-0.2, -0.15) is 0 Å². The smallest absolute Gasteiger partial charge is 0.310 e. The Bertz CT molecular complexity index is 271. The molecule has 5 nitrogen and oxygen atoms in total. The van der Waals surface area contributed by atoms with E-state index in [-0.39, 0.29) is 0 Å². The summed E-state index contributed by atoms with van der Waals surface area (Å²) >= 11 is 0. The highest BCUT2D eigenvalue weighted by molar-refractivity contribution is 5.86. The fourth-order valence-electron chi connectivity index (χ4n) is 1.94. The van der Waals surface area contributed by atoms with Crippen molar-refractivity contribution in [1.82, 2.24) is 0 Å². The third-order valence-corrected chi connectivity index (χ3v) is 2.51. The maximum atomic E-state index is 11.0. The van der Waals surface area contributed by atoms with Gasteiger partial charge in [0, 0.05) is 0 Å². The average Bonchev–Trinajstić information content (AvgIpc) is 2.60. The zero-order valence-electron chi connectivity index (χ0n) is 6.71. The van der Waals surface area contributed by atoms with Gasteiger partial charge in [0.1, 0.15) is 5.92 Å². The maximum absolute atomic E-state index is 11.0. The molecule has 2 heterocycles. The molecule has 4 atom stereocenters. The number of carboxylic acids is 1. The molecule has 0 aromatic carbocycles. The second-order valence-corrected chi connectivity index (χ2v) is 3.24. The van der Waals surface area contributed by atoms with Crippen molar-refractivity contribution in [3.05, 3.63) is 12.2 Å². The minimum atomic E-state index is -1.03. The topological polar surface area (TPSA) is 89.6 Å². The number of hydrogen-bond donors (Lipinski definition) is 2. The Morgan fingerprint density at radius 1 is 1.23 bits per heavy atom. The number of ether oxygens (including phenoxy) is 1.